The molecule has 3 aliphatic heterocycles. The van der Waals surface area contributed by atoms with E-state index in [1.54, 1.807) is 0 Å². The van der Waals surface area contributed by atoms with Gasteiger partial charge in [-0.1, -0.05) is 24.3 Å². The molecular formula is C38H19N5O+2. The molecule has 0 bridgehead atoms. The summed E-state index contributed by atoms with van der Waals surface area (Å²) in [5.41, 5.74) is 9.73. The molecule has 0 amide bonds. The number of rotatable bonds is 0. The molecule has 3 aromatic carbocycles. The Balaban J connectivity index is 1.42. The van der Waals surface area contributed by atoms with Crippen molar-refractivity contribution < 1.29 is 13.9 Å². The van der Waals surface area contributed by atoms with Crippen LogP contribution in [0.15, 0.2) is 116 Å². The van der Waals surface area contributed by atoms with Gasteiger partial charge in [0.25, 0.3) is 11.3 Å². The summed E-state index contributed by atoms with van der Waals surface area (Å²) in [6.07, 6.45) is 6.45. The first-order valence-corrected chi connectivity index (χ1v) is 15.1. The average Bonchev–Trinajstić information content (AvgIpc) is 3.67. The number of hydrogen-bond acceptors (Lipinski definition) is 2. The Hall–Kier alpha value is -6.01. The fourth-order valence-electron chi connectivity index (χ4n) is 9.23. The number of ether oxygens (including phenoxy) is 1. The molecule has 6 nitrogen and oxygen atoms in total. The van der Waals surface area contributed by atoms with Crippen molar-refractivity contribution in [1.29, 1.82) is 0 Å². The van der Waals surface area contributed by atoms with E-state index in [0.29, 0.717) is 0 Å². The molecule has 1 atom stereocenters. The number of nitrogens with zero attached hydrogens (tertiary/aromatic N) is 5. The van der Waals surface area contributed by atoms with Gasteiger partial charge in [0.15, 0.2) is 11.0 Å². The molecule has 200 valence electrons. The van der Waals surface area contributed by atoms with Crippen LogP contribution in [0, 0.1) is 0 Å². The zero-order valence-corrected chi connectivity index (χ0v) is 23.1. The van der Waals surface area contributed by atoms with E-state index >= 15 is 0 Å². The van der Waals surface area contributed by atoms with Crippen LogP contribution in [0.5, 0.6) is 11.5 Å². The molecule has 10 heterocycles. The second-order valence-electron chi connectivity index (χ2n) is 12.4. The normalized spacial score (nSPS) is 17.4. The third kappa shape index (κ3) is 1.86. The number of pyridine rings is 5. The van der Waals surface area contributed by atoms with Crippen molar-refractivity contribution in [2.75, 3.05) is 0 Å². The highest BCUT2D eigenvalue weighted by atomic mass is 16.5. The Labute approximate surface area is 247 Å². The quantitative estimate of drug-likeness (QED) is 0.146. The number of aromatic nitrogens is 5. The summed E-state index contributed by atoms with van der Waals surface area (Å²) in [7, 11) is 0. The van der Waals surface area contributed by atoms with Crippen LogP contribution in [0.1, 0.15) is 11.1 Å². The third-order valence-corrected chi connectivity index (χ3v) is 10.7. The molecular weight excluding hydrogens is 542 g/mol. The molecule has 3 aliphatic rings. The lowest BCUT2D eigenvalue weighted by molar-refractivity contribution is -0.953. The Morgan fingerprint density at radius 1 is 0.568 bits per heavy atom. The lowest BCUT2D eigenvalue weighted by Crippen LogP contribution is -2.77. The highest BCUT2D eigenvalue weighted by Gasteiger charge is 2.63. The Morgan fingerprint density at radius 2 is 1.18 bits per heavy atom. The lowest BCUT2D eigenvalue weighted by Gasteiger charge is -2.39. The van der Waals surface area contributed by atoms with E-state index in [9.17, 15) is 0 Å². The van der Waals surface area contributed by atoms with E-state index in [0.717, 1.165) is 38.9 Å². The maximum atomic E-state index is 6.98. The highest BCUT2D eigenvalue weighted by Crippen LogP contribution is 2.55. The van der Waals surface area contributed by atoms with Gasteiger partial charge < -0.3 is 4.74 Å². The van der Waals surface area contributed by atoms with Crippen LogP contribution in [0.25, 0.3) is 76.6 Å². The molecule has 7 aromatic heterocycles. The largest absolute Gasteiger partial charge is 0.456 e. The molecule has 0 N–H and O–H groups in total. The molecule has 1 spiro atoms. The molecule has 6 heteroatoms. The van der Waals surface area contributed by atoms with Crippen molar-refractivity contribution in [3.63, 3.8) is 0 Å². The van der Waals surface area contributed by atoms with Gasteiger partial charge in [0.05, 0.1) is 28.7 Å². The predicted octanol–water partition coefficient (Wildman–Crippen LogP) is 7.11. The summed E-state index contributed by atoms with van der Waals surface area (Å²) < 4.78 is 16.9. The predicted molar refractivity (Wildman–Crippen MR) is 170 cm³/mol. The Morgan fingerprint density at radius 3 is 1.91 bits per heavy atom. The molecule has 13 rings (SSSR count). The molecule has 0 aliphatic carbocycles. The van der Waals surface area contributed by atoms with Crippen molar-refractivity contribution in [2.24, 2.45) is 0 Å². The van der Waals surface area contributed by atoms with Gasteiger partial charge in [-0.25, -0.2) is 0 Å². The minimum Gasteiger partial charge on any atom is -0.456 e. The summed E-state index contributed by atoms with van der Waals surface area (Å²) in [4.78, 5) is 4.97. The number of hydrogen-bond donors (Lipinski definition) is 0. The summed E-state index contributed by atoms with van der Waals surface area (Å²) in [6, 6.07) is 35.4. The van der Waals surface area contributed by atoms with Crippen LogP contribution in [-0.2, 0) is 5.66 Å². The van der Waals surface area contributed by atoms with Crippen LogP contribution in [0.2, 0.25) is 0 Å². The van der Waals surface area contributed by atoms with Crippen LogP contribution in [0.4, 0.5) is 0 Å². The van der Waals surface area contributed by atoms with Crippen molar-refractivity contribution in [3.8, 4) is 11.5 Å². The second-order valence-corrected chi connectivity index (χ2v) is 12.4. The summed E-state index contributed by atoms with van der Waals surface area (Å²) in [5.74, 6) is 1.77. The molecule has 1 unspecified atom stereocenters. The van der Waals surface area contributed by atoms with Gasteiger partial charge in [-0.15, -0.1) is 0 Å². The fourth-order valence-corrected chi connectivity index (χ4v) is 9.23. The van der Waals surface area contributed by atoms with E-state index in [4.69, 9.17) is 9.72 Å². The van der Waals surface area contributed by atoms with Crippen molar-refractivity contribution >= 4 is 76.6 Å². The first-order chi connectivity index (χ1) is 21.8. The van der Waals surface area contributed by atoms with Gasteiger partial charge in [0, 0.05) is 39.9 Å². The topological polar surface area (TPSA) is 38.7 Å². The van der Waals surface area contributed by atoms with Gasteiger partial charge in [-0.3, -0.25) is 4.98 Å². The van der Waals surface area contributed by atoms with Crippen molar-refractivity contribution in [2.45, 2.75) is 5.66 Å². The third-order valence-electron chi connectivity index (χ3n) is 10.7. The summed E-state index contributed by atoms with van der Waals surface area (Å²) in [5, 5.41) is 8.46. The molecule has 10 aromatic rings. The van der Waals surface area contributed by atoms with Gasteiger partial charge in [-0.05, 0) is 66.0 Å². The average molecular weight is 562 g/mol. The van der Waals surface area contributed by atoms with E-state index < -0.39 is 5.66 Å². The van der Waals surface area contributed by atoms with Crippen LogP contribution in [-0.4, -0.2) is 13.8 Å². The summed E-state index contributed by atoms with van der Waals surface area (Å²) in [6.45, 7) is 0. The molecule has 0 radical (unpaired) electrons. The molecule has 0 saturated heterocycles. The van der Waals surface area contributed by atoms with Crippen LogP contribution in [0.3, 0.4) is 0 Å². The minimum atomic E-state index is -0.728. The molecule has 0 saturated carbocycles. The first kappa shape index (κ1) is 20.8. The van der Waals surface area contributed by atoms with E-state index in [1.165, 1.54) is 60.3 Å². The maximum absolute atomic E-state index is 6.98. The second kappa shape index (κ2) is 6.33. The van der Waals surface area contributed by atoms with E-state index in [1.807, 2.05) is 12.3 Å². The zero-order chi connectivity index (χ0) is 28.1. The zero-order valence-electron chi connectivity index (χ0n) is 23.1. The van der Waals surface area contributed by atoms with Crippen LogP contribution >= 0.6 is 0 Å². The Kier molecular flexibility index (Phi) is 2.99. The first-order valence-electron chi connectivity index (χ1n) is 15.1. The van der Waals surface area contributed by atoms with Crippen molar-refractivity contribution in [1.82, 2.24) is 13.8 Å². The fraction of sp³-hybridized carbons (Fsp3) is 0.0263. The van der Waals surface area contributed by atoms with Gasteiger partial charge in [-0.2, -0.15) is 17.9 Å². The standard InChI is InChI=1S/C38H19N5O/c1-2-9-23-22(8-1)24-11-13-29-31-34(24)42-27(23)18-20-6-4-16-40(36(20)42)38(31)32-30(44-29)14-12-26-33-25(10-3-15-39-33)28-19-21-7-5-17-41(38)37(21)43(28)35(26)32/h1-19H/q+2. The molecule has 0 fully saturated rings. The van der Waals surface area contributed by atoms with Crippen molar-refractivity contribution in [3.05, 3.63) is 127 Å². The van der Waals surface area contributed by atoms with Gasteiger partial charge in [0.2, 0.25) is 0 Å². The summed E-state index contributed by atoms with van der Waals surface area (Å²) >= 11 is 0. The van der Waals surface area contributed by atoms with Crippen LogP contribution < -0.4 is 13.9 Å². The maximum Gasteiger partial charge on any atom is 0.321 e. The Bertz CT molecular complexity index is 2880. The number of fused-ring (bicyclic) bond motifs is 6. The minimum absolute atomic E-state index is 0.728. The number of benzene rings is 3. The van der Waals surface area contributed by atoms with E-state index in [-0.39, 0.29) is 0 Å². The van der Waals surface area contributed by atoms with Gasteiger partial charge in [0.1, 0.15) is 33.7 Å². The highest BCUT2D eigenvalue weighted by molar-refractivity contribution is 6.18. The molecule has 44 heavy (non-hydrogen) atoms. The monoisotopic (exact) mass is 561 g/mol. The SMILES string of the molecule is c1ccc2c(c1)c1ccc3c4c1n1c2cc2ccc[n+](c21)C41c2c(ccc4c5ncccc5c5cc6ccc[n+]1c6n5c24)O3. The van der Waals surface area contributed by atoms with E-state index in [2.05, 4.69) is 121 Å². The smallest absolute Gasteiger partial charge is 0.321 e. The van der Waals surface area contributed by atoms with Gasteiger partial charge >= 0.3 is 5.66 Å². The lowest BCUT2D eigenvalue weighted by atomic mass is 9.81.